The first-order chi connectivity index (χ1) is 9.84. The van der Waals surface area contributed by atoms with E-state index in [0.717, 1.165) is 37.7 Å². The van der Waals surface area contributed by atoms with Gasteiger partial charge >= 0.3 is 0 Å². The van der Waals surface area contributed by atoms with Gasteiger partial charge in [0.2, 0.25) is 0 Å². The number of nitrogens with one attached hydrogen (secondary N) is 1. The summed E-state index contributed by atoms with van der Waals surface area (Å²) in [6.45, 7) is 3.11. The fourth-order valence-electron chi connectivity index (χ4n) is 2.17. The van der Waals surface area contributed by atoms with Crippen LogP contribution in [-0.4, -0.2) is 37.2 Å². The van der Waals surface area contributed by atoms with Crippen LogP contribution in [0.2, 0.25) is 0 Å². The highest BCUT2D eigenvalue weighted by atomic mass is 32.1. The standard InChI is InChI=1S/C14H15N3O2S/c18-13(14-15-5-10-20-14)16-11-3-1-2-4-12(11)17-6-8-19-9-7-17/h1-5,10H,6-9H2,(H,16,18). The molecule has 5 nitrogen and oxygen atoms in total. The summed E-state index contributed by atoms with van der Waals surface area (Å²) in [6.07, 6.45) is 1.63. The summed E-state index contributed by atoms with van der Waals surface area (Å²) in [5.74, 6) is -0.166. The minimum absolute atomic E-state index is 0.166. The molecule has 1 amide bonds. The van der Waals surface area contributed by atoms with Crippen LogP contribution in [0.25, 0.3) is 0 Å². The van der Waals surface area contributed by atoms with E-state index in [9.17, 15) is 4.79 Å². The van der Waals surface area contributed by atoms with Gasteiger partial charge in [0.25, 0.3) is 5.91 Å². The fraction of sp³-hybridized carbons (Fsp3) is 0.286. The Kier molecular flexibility index (Phi) is 3.94. The molecule has 0 atom stereocenters. The Morgan fingerprint density at radius 3 is 2.85 bits per heavy atom. The molecule has 2 aromatic rings. The zero-order valence-corrected chi connectivity index (χ0v) is 11.7. The van der Waals surface area contributed by atoms with Crippen LogP contribution in [0.5, 0.6) is 0 Å². The molecule has 20 heavy (non-hydrogen) atoms. The van der Waals surface area contributed by atoms with Crippen molar-refractivity contribution in [2.45, 2.75) is 0 Å². The Bertz CT molecular complexity index is 580. The number of amides is 1. The van der Waals surface area contributed by atoms with Crippen molar-refractivity contribution in [1.82, 2.24) is 4.98 Å². The van der Waals surface area contributed by atoms with E-state index in [1.54, 1.807) is 11.6 Å². The van der Waals surface area contributed by atoms with Gasteiger partial charge in [-0.05, 0) is 12.1 Å². The highest BCUT2D eigenvalue weighted by Gasteiger charge is 2.16. The van der Waals surface area contributed by atoms with Gasteiger partial charge in [-0.25, -0.2) is 4.98 Å². The molecule has 0 radical (unpaired) electrons. The summed E-state index contributed by atoms with van der Waals surface area (Å²) >= 11 is 1.33. The Morgan fingerprint density at radius 1 is 1.30 bits per heavy atom. The molecule has 1 N–H and O–H groups in total. The molecule has 0 spiro atoms. The second-order valence-electron chi connectivity index (χ2n) is 4.41. The third-order valence-electron chi connectivity index (χ3n) is 3.13. The van der Waals surface area contributed by atoms with Crippen LogP contribution in [0, 0.1) is 0 Å². The molecule has 0 unspecified atom stereocenters. The molecule has 1 aliphatic heterocycles. The van der Waals surface area contributed by atoms with E-state index < -0.39 is 0 Å². The van der Waals surface area contributed by atoms with Crippen molar-refractivity contribution in [2.75, 3.05) is 36.5 Å². The van der Waals surface area contributed by atoms with Crippen molar-refractivity contribution in [3.8, 4) is 0 Å². The average Bonchev–Trinajstić information content (AvgIpc) is 3.03. The number of rotatable bonds is 3. The number of ether oxygens (including phenoxy) is 1. The summed E-state index contributed by atoms with van der Waals surface area (Å²) in [6, 6.07) is 7.82. The first kappa shape index (κ1) is 13.1. The van der Waals surface area contributed by atoms with Crippen LogP contribution in [-0.2, 0) is 4.74 Å². The smallest absolute Gasteiger partial charge is 0.284 e. The maximum atomic E-state index is 12.1. The third-order valence-corrected chi connectivity index (χ3v) is 3.90. The molecule has 3 rings (SSSR count). The van der Waals surface area contributed by atoms with Crippen molar-refractivity contribution in [3.05, 3.63) is 40.8 Å². The number of para-hydroxylation sites is 2. The van der Waals surface area contributed by atoms with Crippen LogP contribution in [0.4, 0.5) is 11.4 Å². The zero-order chi connectivity index (χ0) is 13.8. The van der Waals surface area contributed by atoms with Crippen LogP contribution in [0.3, 0.4) is 0 Å². The largest absolute Gasteiger partial charge is 0.378 e. The average molecular weight is 289 g/mol. The van der Waals surface area contributed by atoms with Crippen LogP contribution >= 0.6 is 11.3 Å². The Balaban J connectivity index is 1.80. The number of carbonyl (C=O) groups excluding carboxylic acids is 1. The van der Waals surface area contributed by atoms with Crippen LogP contribution in [0.15, 0.2) is 35.8 Å². The fourth-order valence-corrected chi connectivity index (χ4v) is 2.70. The normalized spacial score (nSPS) is 15.1. The zero-order valence-electron chi connectivity index (χ0n) is 10.9. The van der Waals surface area contributed by atoms with E-state index in [2.05, 4.69) is 15.2 Å². The molecule has 0 aliphatic carbocycles. The lowest BCUT2D eigenvalue weighted by Gasteiger charge is -2.30. The van der Waals surface area contributed by atoms with Crippen molar-refractivity contribution in [3.63, 3.8) is 0 Å². The Hall–Kier alpha value is -1.92. The Labute approximate surface area is 121 Å². The molecule has 1 aromatic heterocycles. The van der Waals surface area contributed by atoms with Gasteiger partial charge in [-0.3, -0.25) is 4.79 Å². The van der Waals surface area contributed by atoms with Gasteiger partial charge in [0, 0.05) is 24.7 Å². The van der Waals surface area contributed by atoms with Crippen LogP contribution < -0.4 is 10.2 Å². The number of thiazole rings is 1. The lowest BCUT2D eigenvalue weighted by Crippen LogP contribution is -2.36. The lowest BCUT2D eigenvalue weighted by atomic mass is 10.2. The second-order valence-corrected chi connectivity index (χ2v) is 5.30. The minimum atomic E-state index is -0.166. The number of anilines is 2. The minimum Gasteiger partial charge on any atom is -0.378 e. The lowest BCUT2D eigenvalue weighted by molar-refractivity contribution is 0.102. The first-order valence-electron chi connectivity index (χ1n) is 6.47. The van der Waals surface area contributed by atoms with Gasteiger partial charge in [0.1, 0.15) is 0 Å². The number of nitrogens with zero attached hydrogens (tertiary/aromatic N) is 2. The van der Waals surface area contributed by atoms with E-state index >= 15 is 0 Å². The molecule has 2 heterocycles. The maximum Gasteiger partial charge on any atom is 0.284 e. The predicted octanol–water partition coefficient (Wildman–Crippen LogP) is 2.23. The molecule has 1 aromatic carbocycles. The Morgan fingerprint density at radius 2 is 2.10 bits per heavy atom. The summed E-state index contributed by atoms with van der Waals surface area (Å²) in [4.78, 5) is 18.4. The van der Waals surface area contributed by atoms with E-state index in [1.165, 1.54) is 11.3 Å². The predicted molar refractivity (Wildman–Crippen MR) is 79.5 cm³/mol. The number of benzene rings is 1. The monoisotopic (exact) mass is 289 g/mol. The summed E-state index contributed by atoms with van der Waals surface area (Å²) in [7, 11) is 0. The number of aromatic nitrogens is 1. The molecule has 1 saturated heterocycles. The van der Waals surface area contributed by atoms with E-state index in [0.29, 0.717) is 5.01 Å². The molecular formula is C14H15N3O2S. The maximum absolute atomic E-state index is 12.1. The third kappa shape index (κ3) is 2.81. The highest BCUT2D eigenvalue weighted by Crippen LogP contribution is 2.26. The number of hydrogen-bond acceptors (Lipinski definition) is 5. The van der Waals surface area contributed by atoms with E-state index in [1.807, 2.05) is 24.3 Å². The van der Waals surface area contributed by atoms with Gasteiger partial charge in [0.05, 0.1) is 24.6 Å². The summed E-state index contributed by atoms with van der Waals surface area (Å²) < 4.78 is 5.36. The molecule has 0 bridgehead atoms. The highest BCUT2D eigenvalue weighted by molar-refractivity contribution is 7.11. The van der Waals surface area contributed by atoms with Gasteiger partial charge < -0.3 is 15.0 Å². The first-order valence-corrected chi connectivity index (χ1v) is 7.35. The summed E-state index contributed by atoms with van der Waals surface area (Å²) in [5, 5.41) is 5.21. The number of hydrogen-bond donors (Lipinski definition) is 1. The molecule has 104 valence electrons. The van der Waals surface area contributed by atoms with Crippen molar-refractivity contribution >= 4 is 28.6 Å². The van der Waals surface area contributed by atoms with Crippen molar-refractivity contribution < 1.29 is 9.53 Å². The number of carbonyl (C=O) groups is 1. The van der Waals surface area contributed by atoms with Gasteiger partial charge in [-0.2, -0.15) is 0 Å². The van der Waals surface area contributed by atoms with Gasteiger partial charge in [-0.15, -0.1) is 11.3 Å². The topological polar surface area (TPSA) is 54.5 Å². The molecule has 0 saturated carbocycles. The summed E-state index contributed by atoms with van der Waals surface area (Å²) in [5.41, 5.74) is 1.84. The SMILES string of the molecule is O=C(Nc1ccccc1N1CCOCC1)c1nccs1. The van der Waals surface area contributed by atoms with Gasteiger partial charge in [0.15, 0.2) is 5.01 Å². The second kappa shape index (κ2) is 6.02. The van der Waals surface area contributed by atoms with Crippen LogP contribution in [0.1, 0.15) is 9.80 Å². The quantitative estimate of drug-likeness (QED) is 0.941. The molecule has 1 aliphatic rings. The van der Waals surface area contributed by atoms with Crippen molar-refractivity contribution in [2.24, 2.45) is 0 Å². The molecular weight excluding hydrogens is 274 g/mol. The van der Waals surface area contributed by atoms with Crippen molar-refractivity contribution in [1.29, 1.82) is 0 Å². The van der Waals surface area contributed by atoms with E-state index in [-0.39, 0.29) is 5.91 Å². The molecule has 6 heteroatoms. The molecule has 1 fully saturated rings. The van der Waals surface area contributed by atoms with Gasteiger partial charge in [-0.1, -0.05) is 12.1 Å². The number of morpholine rings is 1. The van der Waals surface area contributed by atoms with E-state index in [4.69, 9.17) is 4.74 Å².